The number of likely N-dealkylation sites (N-methyl/N-ethyl adjacent to an activating group) is 1. The Balaban J connectivity index is 2.18. The zero-order valence-electron chi connectivity index (χ0n) is 15.1. The summed E-state index contributed by atoms with van der Waals surface area (Å²) in [7, 11) is 0. The molecule has 0 aliphatic carbocycles. The highest BCUT2D eigenvalue weighted by molar-refractivity contribution is 7.99. The van der Waals surface area contributed by atoms with Crippen LogP contribution in [0, 0.1) is 4.91 Å². The van der Waals surface area contributed by atoms with Gasteiger partial charge >= 0.3 is 5.97 Å². The largest absolute Gasteiger partial charge is 0.480 e. The van der Waals surface area contributed by atoms with Crippen LogP contribution in [-0.2, 0) is 16.1 Å². The number of amides is 1. The average molecular weight is 379 g/mol. The Morgan fingerprint density at radius 1 is 1.31 bits per heavy atom. The van der Waals surface area contributed by atoms with Crippen molar-refractivity contribution in [2.24, 2.45) is 4.58 Å². The molecule has 1 amide bonds. The van der Waals surface area contributed by atoms with Crippen molar-refractivity contribution in [2.45, 2.75) is 44.0 Å². The predicted molar refractivity (Wildman–Crippen MR) is 102 cm³/mol. The standard InChI is InChI=1S/C18H25N3O4S/c1-3-21(14(2)22)16(17(23)24)18(26-19-25)9-11-20(12-10-18)13-15-7-5-4-6-8-15/h4-8,16H,3,9-13H2,1-2H3,(H,23,24). The summed E-state index contributed by atoms with van der Waals surface area (Å²) < 4.78 is 2.07. The molecule has 0 aromatic heterocycles. The lowest BCUT2D eigenvalue weighted by molar-refractivity contribution is -0.151. The minimum absolute atomic E-state index is 0.279. The molecule has 1 N–H and O–H groups in total. The summed E-state index contributed by atoms with van der Waals surface area (Å²) in [6.45, 7) is 5.46. The number of carbonyl (C=O) groups is 2. The van der Waals surface area contributed by atoms with E-state index in [0.717, 1.165) is 18.5 Å². The van der Waals surface area contributed by atoms with Crippen LogP contribution in [0.5, 0.6) is 0 Å². The highest BCUT2D eigenvalue weighted by Gasteiger charge is 2.50. The maximum absolute atomic E-state index is 12.0. The van der Waals surface area contributed by atoms with Crippen LogP contribution in [-0.4, -0.2) is 57.2 Å². The lowest BCUT2D eigenvalue weighted by Crippen LogP contribution is -2.60. The number of rotatable bonds is 8. The van der Waals surface area contributed by atoms with Gasteiger partial charge in [0, 0.05) is 36.5 Å². The van der Waals surface area contributed by atoms with Crippen LogP contribution in [0.15, 0.2) is 34.9 Å². The van der Waals surface area contributed by atoms with Gasteiger partial charge < -0.3 is 10.0 Å². The van der Waals surface area contributed by atoms with E-state index in [4.69, 9.17) is 0 Å². The fourth-order valence-corrected chi connectivity index (χ4v) is 4.49. The van der Waals surface area contributed by atoms with Crippen LogP contribution >= 0.6 is 11.9 Å². The van der Waals surface area contributed by atoms with Crippen LogP contribution in [0.25, 0.3) is 0 Å². The van der Waals surface area contributed by atoms with Gasteiger partial charge in [-0.15, -0.1) is 4.91 Å². The monoisotopic (exact) mass is 379 g/mol. The zero-order chi connectivity index (χ0) is 19.2. The molecule has 7 nitrogen and oxygen atoms in total. The van der Waals surface area contributed by atoms with Crippen molar-refractivity contribution in [1.82, 2.24) is 9.80 Å². The first kappa shape index (κ1) is 20.4. The number of piperidine rings is 1. The van der Waals surface area contributed by atoms with Crippen molar-refractivity contribution in [3.8, 4) is 0 Å². The van der Waals surface area contributed by atoms with Gasteiger partial charge in [-0.2, -0.15) is 0 Å². The van der Waals surface area contributed by atoms with Gasteiger partial charge in [0.1, 0.15) is 6.04 Å². The number of carbonyl (C=O) groups excluding carboxylic acids is 1. The van der Waals surface area contributed by atoms with Crippen LogP contribution in [0.1, 0.15) is 32.3 Å². The molecule has 1 heterocycles. The number of nitroso groups, excluding NO2 is 1. The first-order chi connectivity index (χ1) is 12.4. The summed E-state index contributed by atoms with van der Waals surface area (Å²) in [6, 6.07) is 8.99. The SMILES string of the molecule is CCN(C(C)=O)C(C(=O)O)C1(SN=O)CCN(Cc2ccccc2)CC1. The molecule has 1 fully saturated rings. The molecular formula is C18H25N3O4S. The topological polar surface area (TPSA) is 90.3 Å². The van der Waals surface area contributed by atoms with Gasteiger partial charge in [0.25, 0.3) is 0 Å². The highest BCUT2D eigenvalue weighted by atomic mass is 32.2. The normalized spacial score (nSPS) is 18.1. The smallest absolute Gasteiger partial charge is 0.327 e. The highest BCUT2D eigenvalue weighted by Crippen LogP contribution is 2.42. The minimum Gasteiger partial charge on any atom is -0.480 e. The van der Waals surface area contributed by atoms with Gasteiger partial charge in [-0.25, -0.2) is 4.79 Å². The second-order valence-electron chi connectivity index (χ2n) is 6.54. The number of hydrogen-bond donors (Lipinski definition) is 1. The third-order valence-corrected chi connectivity index (χ3v) is 6.03. The number of nitrogens with zero attached hydrogens (tertiary/aromatic N) is 3. The number of hydrogen-bond acceptors (Lipinski definition) is 6. The first-order valence-corrected chi connectivity index (χ1v) is 9.48. The Bertz CT molecular complexity index is 633. The fraction of sp³-hybridized carbons (Fsp3) is 0.556. The summed E-state index contributed by atoms with van der Waals surface area (Å²) in [5, 5.41) is 9.80. The molecular weight excluding hydrogens is 354 g/mol. The molecule has 142 valence electrons. The van der Waals surface area contributed by atoms with Gasteiger partial charge in [0.2, 0.25) is 5.91 Å². The average Bonchev–Trinajstić information content (AvgIpc) is 2.62. The second kappa shape index (κ2) is 9.14. The Hall–Kier alpha value is -1.93. The maximum atomic E-state index is 12.0. The van der Waals surface area contributed by atoms with Gasteiger partial charge in [-0.05, 0) is 38.4 Å². The molecule has 1 aliphatic heterocycles. The molecule has 8 heteroatoms. The van der Waals surface area contributed by atoms with Gasteiger partial charge in [-0.1, -0.05) is 30.3 Å². The molecule has 0 spiro atoms. The molecule has 0 bridgehead atoms. The lowest BCUT2D eigenvalue weighted by atomic mass is 9.86. The molecule has 1 saturated heterocycles. The van der Waals surface area contributed by atoms with E-state index in [2.05, 4.69) is 21.6 Å². The van der Waals surface area contributed by atoms with E-state index in [1.807, 2.05) is 18.2 Å². The molecule has 1 aromatic carbocycles. The van der Waals surface area contributed by atoms with Crippen molar-refractivity contribution in [3.63, 3.8) is 0 Å². The second-order valence-corrected chi connectivity index (χ2v) is 7.68. The van der Waals surface area contributed by atoms with Crippen molar-refractivity contribution >= 4 is 23.8 Å². The van der Waals surface area contributed by atoms with Gasteiger partial charge in [0.05, 0.1) is 4.75 Å². The first-order valence-electron chi connectivity index (χ1n) is 8.70. The summed E-state index contributed by atoms with van der Waals surface area (Å²) in [4.78, 5) is 38.6. The molecule has 0 radical (unpaired) electrons. The molecule has 26 heavy (non-hydrogen) atoms. The van der Waals surface area contributed by atoms with E-state index in [0.29, 0.717) is 25.9 Å². The number of carboxylic acids is 1. The van der Waals surface area contributed by atoms with E-state index in [1.54, 1.807) is 6.92 Å². The third-order valence-electron chi connectivity index (χ3n) is 4.96. The summed E-state index contributed by atoms with van der Waals surface area (Å²) in [6.07, 6.45) is 0.966. The summed E-state index contributed by atoms with van der Waals surface area (Å²) in [5.74, 6) is -1.40. The molecule has 2 rings (SSSR count). The summed E-state index contributed by atoms with van der Waals surface area (Å²) in [5.41, 5.74) is 1.19. The van der Waals surface area contributed by atoms with E-state index < -0.39 is 16.8 Å². The van der Waals surface area contributed by atoms with Crippen LogP contribution in [0.2, 0.25) is 0 Å². The number of aliphatic carboxylic acids is 1. The van der Waals surface area contributed by atoms with Crippen LogP contribution in [0.3, 0.4) is 0 Å². The quantitative estimate of drug-likeness (QED) is 0.552. The predicted octanol–water partition coefficient (Wildman–Crippen LogP) is 2.76. The zero-order valence-corrected chi connectivity index (χ0v) is 15.9. The molecule has 1 unspecified atom stereocenters. The minimum atomic E-state index is -1.09. The van der Waals surface area contributed by atoms with Crippen molar-refractivity contribution in [1.29, 1.82) is 0 Å². The number of carboxylic acid groups (broad SMARTS) is 1. The van der Waals surface area contributed by atoms with E-state index >= 15 is 0 Å². The van der Waals surface area contributed by atoms with E-state index in [1.165, 1.54) is 17.4 Å². The Morgan fingerprint density at radius 3 is 2.38 bits per heavy atom. The Labute approximate surface area is 157 Å². The molecule has 1 atom stereocenters. The molecule has 1 aliphatic rings. The maximum Gasteiger partial charge on any atom is 0.327 e. The fourth-order valence-electron chi connectivity index (χ4n) is 3.65. The van der Waals surface area contributed by atoms with Crippen molar-refractivity contribution < 1.29 is 14.7 Å². The molecule has 0 saturated carbocycles. The third kappa shape index (κ3) is 4.62. The van der Waals surface area contributed by atoms with Crippen molar-refractivity contribution in [3.05, 3.63) is 40.8 Å². The van der Waals surface area contributed by atoms with Gasteiger partial charge in [-0.3, -0.25) is 9.69 Å². The van der Waals surface area contributed by atoms with E-state index in [-0.39, 0.29) is 12.5 Å². The van der Waals surface area contributed by atoms with Crippen LogP contribution in [0.4, 0.5) is 0 Å². The Morgan fingerprint density at radius 2 is 1.92 bits per heavy atom. The molecule has 1 aromatic rings. The Kier molecular flexibility index (Phi) is 7.16. The number of likely N-dealkylation sites (tertiary alicyclic amines) is 1. The number of benzene rings is 1. The van der Waals surface area contributed by atoms with Crippen LogP contribution < -0.4 is 0 Å². The summed E-state index contributed by atoms with van der Waals surface area (Å²) >= 11 is 0.774. The van der Waals surface area contributed by atoms with E-state index in [9.17, 15) is 19.6 Å². The van der Waals surface area contributed by atoms with Crippen molar-refractivity contribution in [2.75, 3.05) is 19.6 Å². The lowest BCUT2D eigenvalue weighted by Gasteiger charge is -2.45. The van der Waals surface area contributed by atoms with Gasteiger partial charge in [0.15, 0.2) is 0 Å².